The van der Waals surface area contributed by atoms with Crippen molar-refractivity contribution in [3.8, 4) is 6.07 Å². The topological polar surface area (TPSA) is 117 Å². The summed E-state index contributed by atoms with van der Waals surface area (Å²) in [5.41, 5.74) is -2.76. The smallest absolute Gasteiger partial charge is 0.423 e. The van der Waals surface area contributed by atoms with Crippen LogP contribution in [0.25, 0.3) is 0 Å². The fraction of sp³-hybridized carbons (Fsp3) is 0.462. The fourth-order valence-electron chi connectivity index (χ4n) is 1.47. The zero-order valence-corrected chi connectivity index (χ0v) is 12.3. The predicted octanol–water partition coefficient (Wildman–Crippen LogP) is 0.720. The van der Waals surface area contributed by atoms with Crippen molar-refractivity contribution in [3.63, 3.8) is 0 Å². The lowest BCUT2D eigenvalue weighted by Gasteiger charge is -2.38. The van der Waals surface area contributed by atoms with E-state index in [1.54, 1.807) is 13.8 Å². The van der Waals surface area contributed by atoms with Crippen molar-refractivity contribution in [2.24, 2.45) is 0 Å². The van der Waals surface area contributed by atoms with E-state index in [4.69, 9.17) is 9.92 Å². The third kappa shape index (κ3) is 3.79. The summed E-state index contributed by atoms with van der Waals surface area (Å²) in [7, 11) is -1.64. The summed E-state index contributed by atoms with van der Waals surface area (Å²) in [6.07, 6.45) is 0. The molecule has 0 heterocycles. The van der Waals surface area contributed by atoms with Crippen LogP contribution < -0.4 is 5.46 Å². The summed E-state index contributed by atoms with van der Waals surface area (Å²) >= 11 is 0. The average molecular weight is 292 g/mol. The Bertz CT molecular complexity index is 589. The number of hydrogen-bond donors (Lipinski definition) is 2. The van der Waals surface area contributed by atoms with Crippen LogP contribution in [0.2, 0.25) is 0 Å². The molecule has 1 aromatic rings. The summed E-state index contributed by atoms with van der Waals surface area (Å²) in [6.45, 7) is 6.10. The first-order valence-electron chi connectivity index (χ1n) is 6.26. The number of hydrogen-bond acceptors (Lipinski definition) is 6. The van der Waals surface area contributed by atoms with Gasteiger partial charge in [0.1, 0.15) is 0 Å². The summed E-state index contributed by atoms with van der Waals surface area (Å²) < 4.78 is 5.37. The summed E-state index contributed by atoms with van der Waals surface area (Å²) in [5, 5.41) is 40.0. The van der Waals surface area contributed by atoms with E-state index in [0.29, 0.717) is 0 Å². The van der Waals surface area contributed by atoms with E-state index >= 15 is 0 Å². The van der Waals surface area contributed by atoms with Crippen molar-refractivity contribution in [1.82, 2.24) is 0 Å². The zero-order chi connectivity index (χ0) is 16.4. The second kappa shape index (κ2) is 5.81. The number of nitro benzene ring substituents is 1. The Morgan fingerprint density at radius 2 is 1.95 bits per heavy atom. The third-order valence-corrected chi connectivity index (χ3v) is 3.50. The molecule has 0 radical (unpaired) electrons. The Kier molecular flexibility index (Phi) is 4.74. The van der Waals surface area contributed by atoms with Crippen LogP contribution in [0.4, 0.5) is 5.69 Å². The minimum absolute atomic E-state index is 0.128. The summed E-state index contributed by atoms with van der Waals surface area (Å²) in [5.74, 6) is 0. The SMILES string of the molecule is CC(C)(O)C(C)(C)OB(O)c1cc(C#N)ccc1[N+](=O)[O-]. The molecule has 0 saturated heterocycles. The molecule has 0 bridgehead atoms. The molecule has 0 saturated carbocycles. The second-order valence-corrected chi connectivity index (χ2v) is 5.68. The first kappa shape index (κ1) is 17.1. The molecule has 0 aliphatic carbocycles. The van der Waals surface area contributed by atoms with E-state index in [2.05, 4.69) is 0 Å². The third-order valence-electron chi connectivity index (χ3n) is 3.50. The number of nitriles is 1. The molecule has 8 heteroatoms. The lowest BCUT2D eigenvalue weighted by Crippen LogP contribution is -2.53. The molecule has 1 rings (SSSR count). The highest BCUT2D eigenvalue weighted by Gasteiger charge is 2.41. The Balaban J connectivity index is 3.21. The Morgan fingerprint density at radius 1 is 1.38 bits per heavy atom. The van der Waals surface area contributed by atoms with E-state index in [1.165, 1.54) is 26.0 Å². The molecule has 7 nitrogen and oxygen atoms in total. The molecule has 0 amide bonds. The number of nitro groups is 1. The monoisotopic (exact) mass is 292 g/mol. The van der Waals surface area contributed by atoms with Crippen molar-refractivity contribution in [2.45, 2.75) is 38.9 Å². The van der Waals surface area contributed by atoms with Gasteiger partial charge in [-0.2, -0.15) is 5.26 Å². The van der Waals surface area contributed by atoms with Gasteiger partial charge in [-0.05, 0) is 39.8 Å². The minimum atomic E-state index is -1.64. The molecule has 2 N–H and O–H groups in total. The van der Waals surface area contributed by atoms with E-state index in [9.17, 15) is 20.2 Å². The molecule has 0 aliphatic heterocycles. The summed E-state index contributed by atoms with van der Waals surface area (Å²) in [4.78, 5) is 10.3. The second-order valence-electron chi connectivity index (χ2n) is 5.68. The molecule has 0 aromatic heterocycles. The Hall–Kier alpha value is -1.95. The van der Waals surface area contributed by atoms with Crippen LogP contribution in [0.1, 0.15) is 33.3 Å². The van der Waals surface area contributed by atoms with Crippen LogP contribution in [0.5, 0.6) is 0 Å². The van der Waals surface area contributed by atoms with Gasteiger partial charge in [0, 0.05) is 6.07 Å². The molecule has 112 valence electrons. The van der Waals surface area contributed by atoms with Crippen LogP contribution >= 0.6 is 0 Å². The van der Waals surface area contributed by atoms with E-state index in [-0.39, 0.29) is 16.7 Å². The number of rotatable bonds is 5. The molecule has 0 spiro atoms. The van der Waals surface area contributed by atoms with Crippen molar-refractivity contribution in [3.05, 3.63) is 33.9 Å². The normalized spacial score (nSPS) is 11.9. The Morgan fingerprint density at radius 3 is 2.38 bits per heavy atom. The highest BCUT2D eigenvalue weighted by Crippen LogP contribution is 2.26. The van der Waals surface area contributed by atoms with Crippen LogP contribution in [0, 0.1) is 21.4 Å². The van der Waals surface area contributed by atoms with E-state index in [0.717, 1.165) is 6.07 Å². The Labute approximate surface area is 123 Å². The lowest BCUT2D eigenvalue weighted by atomic mass is 9.75. The van der Waals surface area contributed by atoms with Crippen LogP contribution in [-0.4, -0.2) is 33.4 Å². The molecular weight excluding hydrogens is 275 g/mol. The highest BCUT2D eigenvalue weighted by atomic mass is 16.6. The first-order valence-corrected chi connectivity index (χ1v) is 6.26. The number of benzene rings is 1. The van der Waals surface area contributed by atoms with Crippen LogP contribution in [0.15, 0.2) is 18.2 Å². The van der Waals surface area contributed by atoms with Gasteiger partial charge in [-0.25, -0.2) is 0 Å². The molecule has 21 heavy (non-hydrogen) atoms. The molecule has 1 aromatic carbocycles. The lowest BCUT2D eigenvalue weighted by molar-refractivity contribution is -0.383. The van der Waals surface area contributed by atoms with Crippen molar-refractivity contribution in [1.29, 1.82) is 5.26 Å². The molecular formula is C13H17BN2O5. The van der Waals surface area contributed by atoms with Gasteiger partial charge in [0.2, 0.25) is 0 Å². The van der Waals surface area contributed by atoms with E-state index in [1.807, 2.05) is 6.07 Å². The van der Waals surface area contributed by atoms with Crippen molar-refractivity contribution >= 4 is 18.3 Å². The van der Waals surface area contributed by atoms with Crippen LogP contribution in [-0.2, 0) is 4.65 Å². The fourth-order valence-corrected chi connectivity index (χ4v) is 1.47. The quantitative estimate of drug-likeness (QED) is 0.469. The van der Waals surface area contributed by atoms with E-state index < -0.39 is 23.2 Å². The maximum absolute atomic E-state index is 11.0. The zero-order valence-electron chi connectivity index (χ0n) is 12.3. The maximum Gasteiger partial charge on any atom is 0.498 e. The standard InChI is InChI=1S/C13H17BN2O5/c1-12(2,17)13(3,4)21-14(18)10-7-9(8-15)5-6-11(10)16(19)20/h5-7,17-18H,1-4H3. The van der Waals surface area contributed by atoms with Gasteiger partial charge in [0.25, 0.3) is 5.69 Å². The molecule has 0 atom stereocenters. The predicted molar refractivity (Wildman–Crippen MR) is 76.9 cm³/mol. The minimum Gasteiger partial charge on any atom is -0.423 e. The van der Waals surface area contributed by atoms with Crippen LogP contribution in [0.3, 0.4) is 0 Å². The number of nitrogens with zero attached hydrogens (tertiary/aromatic N) is 2. The largest absolute Gasteiger partial charge is 0.498 e. The number of aliphatic hydroxyl groups is 1. The maximum atomic E-state index is 11.0. The first-order chi connectivity index (χ1) is 9.49. The highest BCUT2D eigenvalue weighted by molar-refractivity contribution is 6.61. The molecule has 0 unspecified atom stereocenters. The van der Waals surface area contributed by atoms with Gasteiger partial charge in [-0.1, -0.05) is 0 Å². The van der Waals surface area contributed by atoms with Gasteiger partial charge in [0.15, 0.2) is 0 Å². The van der Waals surface area contributed by atoms with Gasteiger partial charge >= 0.3 is 7.12 Å². The van der Waals surface area contributed by atoms with Gasteiger partial charge < -0.3 is 14.8 Å². The van der Waals surface area contributed by atoms with Crippen molar-refractivity contribution in [2.75, 3.05) is 0 Å². The average Bonchev–Trinajstić information content (AvgIpc) is 2.35. The van der Waals surface area contributed by atoms with Gasteiger partial charge in [-0.3, -0.25) is 10.1 Å². The van der Waals surface area contributed by atoms with Gasteiger partial charge in [-0.15, -0.1) is 0 Å². The molecule has 0 fully saturated rings. The summed E-state index contributed by atoms with van der Waals surface area (Å²) in [6, 6.07) is 5.46. The van der Waals surface area contributed by atoms with Gasteiger partial charge in [0.05, 0.1) is 33.2 Å². The molecule has 0 aliphatic rings. The van der Waals surface area contributed by atoms with Crippen molar-refractivity contribution < 1.29 is 19.7 Å².